The first-order chi connectivity index (χ1) is 5.79. The van der Waals surface area contributed by atoms with E-state index >= 15 is 0 Å². The number of benzene rings is 1. The minimum Gasteiger partial charge on any atom is -0.397 e. The first-order valence-electron chi connectivity index (χ1n) is 3.52. The number of nitrogen functional groups attached to an aromatic ring is 1. The van der Waals surface area contributed by atoms with Crippen molar-refractivity contribution in [3.63, 3.8) is 0 Å². The molecule has 1 aromatic carbocycles. The predicted octanol–water partition coefficient (Wildman–Crippen LogP) is 2.63. The Bertz CT molecular complexity index is 249. The van der Waals surface area contributed by atoms with E-state index in [0.29, 0.717) is 0 Å². The molecule has 0 unspecified atom stereocenters. The molecule has 0 heterocycles. The Kier molecular flexibility index (Phi) is 3.62. The molecule has 0 bridgehead atoms. The largest absolute Gasteiger partial charge is 0.397 e. The van der Waals surface area contributed by atoms with E-state index in [0.717, 1.165) is 11.4 Å². The van der Waals surface area contributed by atoms with Crippen molar-refractivity contribution in [3.05, 3.63) is 24.3 Å². The van der Waals surface area contributed by atoms with Crippen molar-refractivity contribution >= 4 is 35.3 Å². The summed E-state index contributed by atoms with van der Waals surface area (Å²) in [6.07, 6.45) is 4.06. The fourth-order valence-electron chi connectivity index (χ4n) is 0.925. The van der Waals surface area contributed by atoms with Crippen LogP contribution in [0.3, 0.4) is 0 Å². The van der Waals surface area contributed by atoms with E-state index in [2.05, 4.69) is 3.71 Å². The molecule has 0 fully saturated rings. The van der Waals surface area contributed by atoms with E-state index in [4.69, 9.17) is 5.73 Å². The lowest BCUT2D eigenvalue weighted by Crippen LogP contribution is -2.04. The number of hydrogen-bond acceptors (Lipinski definition) is 4. The molecule has 0 atom stereocenters. The van der Waals surface area contributed by atoms with Crippen molar-refractivity contribution in [2.24, 2.45) is 0 Å². The van der Waals surface area contributed by atoms with Crippen LogP contribution in [-0.4, -0.2) is 12.5 Å². The second kappa shape index (κ2) is 4.52. The number of rotatable bonds is 3. The van der Waals surface area contributed by atoms with E-state index in [1.54, 1.807) is 23.9 Å². The molecule has 1 aromatic rings. The van der Waals surface area contributed by atoms with E-state index in [9.17, 15) is 0 Å². The Morgan fingerprint density at radius 2 is 1.75 bits per heavy atom. The van der Waals surface area contributed by atoms with Gasteiger partial charge in [-0.15, -0.1) is 0 Å². The molecule has 4 heteroatoms. The molecule has 0 aromatic heterocycles. The predicted molar refractivity (Wildman–Crippen MR) is 60.4 cm³/mol. The van der Waals surface area contributed by atoms with Gasteiger partial charge in [-0.1, -0.05) is 12.1 Å². The van der Waals surface area contributed by atoms with Gasteiger partial charge in [0.1, 0.15) is 0 Å². The number of anilines is 2. The Morgan fingerprint density at radius 3 is 2.25 bits per heavy atom. The van der Waals surface area contributed by atoms with Gasteiger partial charge in [0.15, 0.2) is 0 Å². The van der Waals surface area contributed by atoms with Gasteiger partial charge in [0.25, 0.3) is 0 Å². The zero-order valence-electron chi connectivity index (χ0n) is 7.15. The third-order valence-corrected chi connectivity index (χ3v) is 3.42. The average molecular weight is 200 g/mol. The van der Waals surface area contributed by atoms with Gasteiger partial charge in [-0.3, -0.25) is 3.71 Å². The van der Waals surface area contributed by atoms with Gasteiger partial charge in [-0.2, -0.15) is 0 Å². The Balaban J connectivity index is 2.92. The molecule has 0 saturated heterocycles. The summed E-state index contributed by atoms with van der Waals surface area (Å²) in [5, 5.41) is 0. The molecule has 66 valence electrons. The van der Waals surface area contributed by atoms with Gasteiger partial charge < -0.3 is 5.73 Å². The van der Waals surface area contributed by atoms with Crippen LogP contribution in [0.2, 0.25) is 0 Å². The molecule has 0 aliphatic rings. The highest BCUT2D eigenvalue weighted by Gasteiger charge is 2.05. The maximum Gasteiger partial charge on any atom is 0.0823 e. The van der Waals surface area contributed by atoms with E-state index in [-0.39, 0.29) is 0 Å². The quantitative estimate of drug-likeness (QED) is 0.600. The molecule has 2 nitrogen and oxygen atoms in total. The first kappa shape index (κ1) is 9.61. The number of nitrogens with zero attached hydrogens (tertiary/aromatic N) is 1. The van der Waals surface area contributed by atoms with Gasteiger partial charge in [-0.05, 0) is 36.0 Å². The summed E-state index contributed by atoms with van der Waals surface area (Å²) < 4.78 is 2.08. The topological polar surface area (TPSA) is 29.3 Å². The molecule has 1 rings (SSSR count). The van der Waals surface area contributed by atoms with Crippen LogP contribution in [0.25, 0.3) is 0 Å². The van der Waals surface area contributed by atoms with Crippen molar-refractivity contribution in [2.45, 2.75) is 0 Å². The zero-order chi connectivity index (χ0) is 8.97. The van der Waals surface area contributed by atoms with Gasteiger partial charge >= 0.3 is 0 Å². The van der Waals surface area contributed by atoms with Crippen LogP contribution in [0.15, 0.2) is 24.3 Å². The van der Waals surface area contributed by atoms with Gasteiger partial charge in [0.05, 0.1) is 11.4 Å². The minimum absolute atomic E-state index is 0.821. The maximum atomic E-state index is 5.80. The van der Waals surface area contributed by atoms with Crippen LogP contribution in [0.1, 0.15) is 0 Å². The molecule has 2 N–H and O–H groups in total. The summed E-state index contributed by atoms with van der Waals surface area (Å²) in [4.78, 5) is 0. The average Bonchev–Trinajstić information content (AvgIpc) is 2.10. The summed E-state index contributed by atoms with van der Waals surface area (Å²) in [5.74, 6) is 0. The minimum atomic E-state index is 0.821. The molecular weight excluding hydrogens is 188 g/mol. The molecule has 0 radical (unpaired) electrons. The van der Waals surface area contributed by atoms with Gasteiger partial charge in [0, 0.05) is 12.5 Å². The van der Waals surface area contributed by atoms with Crippen LogP contribution in [0, 0.1) is 0 Å². The molecule has 0 aliphatic carbocycles. The molecule has 0 amide bonds. The van der Waals surface area contributed by atoms with Crippen LogP contribution < -0.4 is 9.44 Å². The highest BCUT2D eigenvalue weighted by molar-refractivity contribution is 8.17. The van der Waals surface area contributed by atoms with Crippen molar-refractivity contribution in [1.29, 1.82) is 0 Å². The lowest BCUT2D eigenvalue weighted by atomic mass is 10.3. The summed E-state index contributed by atoms with van der Waals surface area (Å²) in [5.41, 5.74) is 7.69. The molecule has 0 spiro atoms. The third-order valence-electron chi connectivity index (χ3n) is 1.47. The van der Waals surface area contributed by atoms with Gasteiger partial charge in [-0.25, -0.2) is 0 Å². The summed E-state index contributed by atoms with van der Waals surface area (Å²) >= 11 is 3.31. The maximum absolute atomic E-state index is 5.80. The highest BCUT2D eigenvalue weighted by atomic mass is 32.2. The normalized spacial score (nSPS) is 9.83. The molecule has 0 aliphatic heterocycles. The van der Waals surface area contributed by atoms with Crippen molar-refractivity contribution in [2.75, 3.05) is 22.0 Å². The van der Waals surface area contributed by atoms with Crippen LogP contribution in [0.4, 0.5) is 11.4 Å². The van der Waals surface area contributed by atoms with E-state index < -0.39 is 0 Å². The number of hydrogen-bond donors (Lipinski definition) is 1. The Labute approximate surface area is 81.8 Å². The number of para-hydroxylation sites is 2. The monoisotopic (exact) mass is 200 g/mol. The van der Waals surface area contributed by atoms with Gasteiger partial charge in [0.2, 0.25) is 0 Å². The SMILES string of the molecule is CSN(SC)c1ccccc1N. The fourth-order valence-corrected chi connectivity index (χ4v) is 2.25. The zero-order valence-corrected chi connectivity index (χ0v) is 8.78. The van der Waals surface area contributed by atoms with E-state index in [1.807, 2.05) is 36.8 Å². The van der Waals surface area contributed by atoms with Crippen molar-refractivity contribution in [1.82, 2.24) is 0 Å². The summed E-state index contributed by atoms with van der Waals surface area (Å²) in [7, 11) is 0. The molecular formula is C8H12N2S2. The summed E-state index contributed by atoms with van der Waals surface area (Å²) in [6, 6.07) is 7.86. The Morgan fingerprint density at radius 1 is 1.17 bits per heavy atom. The van der Waals surface area contributed by atoms with Crippen molar-refractivity contribution in [3.8, 4) is 0 Å². The van der Waals surface area contributed by atoms with Crippen molar-refractivity contribution < 1.29 is 0 Å². The van der Waals surface area contributed by atoms with Crippen LogP contribution in [0.5, 0.6) is 0 Å². The third kappa shape index (κ3) is 2.01. The lowest BCUT2D eigenvalue weighted by Gasteiger charge is -2.18. The van der Waals surface area contributed by atoms with Crippen LogP contribution in [-0.2, 0) is 0 Å². The first-order valence-corrected chi connectivity index (χ1v) is 5.88. The Hall–Kier alpha value is -0.480. The highest BCUT2D eigenvalue weighted by Crippen LogP contribution is 2.31. The second-order valence-corrected chi connectivity index (χ2v) is 3.87. The van der Waals surface area contributed by atoms with E-state index in [1.165, 1.54) is 0 Å². The molecule has 0 saturated carbocycles. The molecule has 12 heavy (non-hydrogen) atoms. The lowest BCUT2D eigenvalue weighted by molar-refractivity contribution is 1.59. The number of nitrogens with two attached hydrogens (primary N) is 1. The second-order valence-electron chi connectivity index (χ2n) is 2.18. The standard InChI is InChI=1S/C8H12N2S2/c1-11-10(12-2)8-6-4-3-5-7(8)9/h3-6H,9H2,1-2H3. The fraction of sp³-hybridized carbons (Fsp3) is 0.250. The summed E-state index contributed by atoms with van der Waals surface area (Å²) in [6.45, 7) is 0. The smallest absolute Gasteiger partial charge is 0.0823 e. The van der Waals surface area contributed by atoms with Crippen LogP contribution >= 0.6 is 23.9 Å².